The molecule has 2 N–H and O–H groups in total. The van der Waals surface area contributed by atoms with Gasteiger partial charge in [-0.1, -0.05) is 11.6 Å². The minimum absolute atomic E-state index is 0.155. The third kappa shape index (κ3) is 7.58. The van der Waals surface area contributed by atoms with Crippen LogP contribution in [-0.2, 0) is 19.1 Å². The highest BCUT2D eigenvalue weighted by atomic mass is 35.5. The smallest absolute Gasteiger partial charge is 0.447 e. The quantitative estimate of drug-likeness (QED) is 0.464. The molecular weight excluding hydrogens is 553 g/mol. The standard InChI is InChI=1S/C23H24ClF3N4O6S/c1-13(2)37-22(35)29-16(11-28-20(33)17-7-8-18(24)38-17)21(34)31(23(25,26)27)15-5-3-14(4-6-15)30-9-10-36-12-19(30)32/h3-8,13,16H,9-12H2,1-2H3,(H,28,33)(H,29,35)/t16-/m1/s1. The SMILES string of the molecule is CC(C)OC(=O)N[C@H](CNC(=O)c1ccc(Cl)s1)C(=O)N(c1ccc(N2CCOCC2=O)cc1)C(F)(F)F. The number of thiophene rings is 1. The third-order valence-electron chi connectivity index (χ3n) is 5.08. The van der Waals surface area contributed by atoms with Crippen molar-refractivity contribution < 1.29 is 41.8 Å². The molecule has 15 heteroatoms. The Morgan fingerprint density at radius 3 is 2.42 bits per heavy atom. The number of alkyl carbamates (subject to hydrolysis) is 1. The zero-order chi connectivity index (χ0) is 28.0. The van der Waals surface area contributed by atoms with Crippen molar-refractivity contribution in [1.82, 2.24) is 10.6 Å². The van der Waals surface area contributed by atoms with Crippen molar-refractivity contribution in [3.05, 3.63) is 45.6 Å². The van der Waals surface area contributed by atoms with Crippen LogP contribution in [-0.4, -0.2) is 68.6 Å². The maximum absolute atomic E-state index is 14.1. The molecule has 1 aromatic heterocycles. The molecule has 10 nitrogen and oxygen atoms in total. The number of ether oxygens (including phenoxy) is 2. The zero-order valence-electron chi connectivity index (χ0n) is 20.2. The van der Waals surface area contributed by atoms with Crippen LogP contribution in [0.5, 0.6) is 0 Å². The second kappa shape index (κ2) is 12.5. The van der Waals surface area contributed by atoms with E-state index in [0.29, 0.717) is 10.0 Å². The number of nitrogens with zero attached hydrogens (tertiary/aromatic N) is 2. The molecule has 3 rings (SSSR count). The Morgan fingerprint density at radius 2 is 1.87 bits per heavy atom. The number of rotatable bonds is 8. The Hall–Kier alpha value is -3.36. The van der Waals surface area contributed by atoms with Crippen molar-refractivity contribution in [2.75, 3.05) is 36.1 Å². The molecule has 2 heterocycles. The van der Waals surface area contributed by atoms with E-state index in [1.165, 1.54) is 43.0 Å². The van der Waals surface area contributed by atoms with Crippen LogP contribution in [0.1, 0.15) is 23.5 Å². The van der Waals surface area contributed by atoms with Crippen molar-refractivity contribution in [3.8, 4) is 0 Å². The second-order valence-electron chi connectivity index (χ2n) is 8.22. The summed E-state index contributed by atoms with van der Waals surface area (Å²) in [6.45, 7) is 2.69. The summed E-state index contributed by atoms with van der Waals surface area (Å²) in [4.78, 5) is 50.9. The second-order valence-corrected chi connectivity index (χ2v) is 9.94. The van der Waals surface area contributed by atoms with Gasteiger partial charge in [0.1, 0.15) is 12.6 Å². The molecule has 38 heavy (non-hydrogen) atoms. The summed E-state index contributed by atoms with van der Waals surface area (Å²) < 4.78 is 52.7. The summed E-state index contributed by atoms with van der Waals surface area (Å²) in [6.07, 6.45) is -6.96. The minimum Gasteiger partial charge on any atom is -0.447 e. The van der Waals surface area contributed by atoms with E-state index in [4.69, 9.17) is 21.1 Å². The Morgan fingerprint density at radius 1 is 1.18 bits per heavy atom. The summed E-state index contributed by atoms with van der Waals surface area (Å²) in [5.74, 6) is -2.63. The average molecular weight is 577 g/mol. The van der Waals surface area contributed by atoms with Gasteiger partial charge in [0.05, 0.1) is 27.6 Å². The van der Waals surface area contributed by atoms with Crippen molar-refractivity contribution in [3.63, 3.8) is 0 Å². The normalized spacial score (nSPS) is 14.7. The topological polar surface area (TPSA) is 117 Å². The number of hydrogen-bond acceptors (Lipinski definition) is 7. The summed E-state index contributed by atoms with van der Waals surface area (Å²) >= 11 is 6.74. The number of nitrogens with one attached hydrogen (secondary N) is 2. The highest BCUT2D eigenvalue weighted by molar-refractivity contribution is 7.18. The van der Waals surface area contributed by atoms with Gasteiger partial charge < -0.3 is 25.0 Å². The predicted molar refractivity (Wildman–Crippen MR) is 133 cm³/mol. The Bertz CT molecular complexity index is 1170. The number of benzene rings is 1. The first-order chi connectivity index (χ1) is 17.9. The van der Waals surface area contributed by atoms with Gasteiger partial charge >= 0.3 is 12.4 Å². The van der Waals surface area contributed by atoms with Crippen LogP contribution in [0.2, 0.25) is 4.34 Å². The summed E-state index contributed by atoms with van der Waals surface area (Å²) in [7, 11) is 0. The number of carbonyl (C=O) groups excluding carboxylic acids is 4. The highest BCUT2D eigenvalue weighted by Crippen LogP contribution is 2.31. The molecule has 1 aromatic carbocycles. The summed E-state index contributed by atoms with van der Waals surface area (Å²) in [6, 6.07) is 5.61. The van der Waals surface area contributed by atoms with Crippen molar-refractivity contribution in [2.24, 2.45) is 0 Å². The average Bonchev–Trinajstić information content (AvgIpc) is 3.27. The summed E-state index contributed by atoms with van der Waals surface area (Å²) in [5.41, 5.74) is -0.235. The van der Waals surface area contributed by atoms with Gasteiger partial charge in [-0.3, -0.25) is 14.4 Å². The minimum atomic E-state index is -5.19. The fourth-order valence-corrected chi connectivity index (χ4v) is 4.40. The van der Waals surface area contributed by atoms with Crippen LogP contribution >= 0.6 is 22.9 Å². The molecule has 0 saturated carbocycles. The molecule has 2 aromatic rings. The first-order valence-corrected chi connectivity index (χ1v) is 12.5. The lowest BCUT2D eigenvalue weighted by Crippen LogP contribution is -2.57. The number of anilines is 2. The van der Waals surface area contributed by atoms with Crippen molar-refractivity contribution in [2.45, 2.75) is 32.3 Å². The number of amides is 4. The van der Waals surface area contributed by atoms with Gasteiger partial charge in [-0.05, 0) is 50.2 Å². The van der Waals surface area contributed by atoms with Gasteiger partial charge in [0, 0.05) is 18.8 Å². The number of hydrogen-bond donors (Lipinski definition) is 2. The summed E-state index contributed by atoms with van der Waals surface area (Å²) in [5, 5.41) is 4.43. The van der Waals surface area contributed by atoms with Crippen LogP contribution in [0.25, 0.3) is 0 Å². The highest BCUT2D eigenvalue weighted by Gasteiger charge is 2.45. The van der Waals surface area contributed by atoms with Crippen LogP contribution < -0.4 is 20.4 Å². The Kier molecular flexibility index (Phi) is 9.57. The van der Waals surface area contributed by atoms with Gasteiger partial charge in [-0.2, -0.15) is 0 Å². The van der Waals surface area contributed by atoms with E-state index >= 15 is 0 Å². The monoisotopic (exact) mass is 576 g/mol. The fraction of sp³-hybridized carbons (Fsp3) is 0.391. The van der Waals surface area contributed by atoms with Crippen LogP contribution in [0.4, 0.5) is 29.3 Å². The number of halogens is 4. The van der Waals surface area contributed by atoms with E-state index in [1.54, 1.807) is 0 Å². The molecule has 1 atom stereocenters. The van der Waals surface area contributed by atoms with E-state index in [9.17, 15) is 32.3 Å². The predicted octanol–water partition coefficient (Wildman–Crippen LogP) is 3.55. The first-order valence-electron chi connectivity index (χ1n) is 11.3. The van der Waals surface area contributed by atoms with Gasteiger partial charge in [-0.25, -0.2) is 9.69 Å². The lowest BCUT2D eigenvalue weighted by molar-refractivity contribution is -0.151. The van der Waals surface area contributed by atoms with Gasteiger partial charge in [0.2, 0.25) is 0 Å². The molecule has 1 fully saturated rings. The molecule has 206 valence electrons. The molecule has 0 bridgehead atoms. The first kappa shape index (κ1) is 29.2. The van der Waals surface area contributed by atoms with Crippen LogP contribution in [0.15, 0.2) is 36.4 Å². The van der Waals surface area contributed by atoms with Gasteiger partial charge in [0.25, 0.3) is 17.7 Å². The molecule has 1 aliphatic rings. The molecule has 0 spiro atoms. The molecule has 0 radical (unpaired) electrons. The Labute approximate surface area is 224 Å². The van der Waals surface area contributed by atoms with Gasteiger partial charge in [-0.15, -0.1) is 24.5 Å². The number of alkyl halides is 3. The van der Waals surface area contributed by atoms with Crippen LogP contribution in [0, 0.1) is 0 Å². The number of carbonyl (C=O) groups is 4. The molecule has 1 aliphatic heterocycles. The third-order valence-corrected chi connectivity index (χ3v) is 6.31. The lowest BCUT2D eigenvalue weighted by Gasteiger charge is -2.30. The largest absolute Gasteiger partial charge is 0.491 e. The molecule has 0 unspecified atom stereocenters. The molecular formula is C23H24ClF3N4O6S. The van der Waals surface area contributed by atoms with E-state index < -0.39 is 53.5 Å². The van der Waals surface area contributed by atoms with Crippen molar-refractivity contribution >= 4 is 58.1 Å². The van der Waals surface area contributed by atoms with E-state index in [-0.39, 0.29) is 30.5 Å². The zero-order valence-corrected chi connectivity index (χ0v) is 21.8. The fourth-order valence-electron chi connectivity index (χ4n) is 3.44. The van der Waals surface area contributed by atoms with Gasteiger partial charge in [0.15, 0.2) is 0 Å². The van der Waals surface area contributed by atoms with E-state index in [1.807, 2.05) is 0 Å². The van der Waals surface area contributed by atoms with Crippen LogP contribution in [0.3, 0.4) is 0 Å². The number of morpholine rings is 1. The maximum atomic E-state index is 14.1. The molecule has 4 amide bonds. The van der Waals surface area contributed by atoms with E-state index in [0.717, 1.165) is 23.5 Å². The van der Waals surface area contributed by atoms with Crippen molar-refractivity contribution in [1.29, 1.82) is 0 Å². The molecule has 0 aliphatic carbocycles. The molecule has 1 saturated heterocycles. The van der Waals surface area contributed by atoms with E-state index in [2.05, 4.69) is 10.6 Å². The Balaban J connectivity index is 1.85. The lowest BCUT2D eigenvalue weighted by atomic mass is 10.2. The maximum Gasteiger partial charge on any atom is 0.491 e.